The molecule has 0 radical (unpaired) electrons. The normalized spacial score (nSPS) is 10.1. The summed E-state index contributed by atoms with van der Waals surface area (Å²) in [6, 6.07) is 10.5. The smallest absolute Gasteiger partial charge is 0.0716 e. The Bertz CT molecular complexity index is 553. The molecule has 2 aromatic rings. The number of carboxylic acid groups (broad SMARTS) is 1. The van der Waals surface area contributed by atoms with Crippen molar-refractivity contribution in [2.24, 2.45) is 0 Å². The molecule has 0 saturated carbocycles. The second-order valence-corrected chi connectivity index (χ2v) is 3.99. The predicted molar refractivity (Wildman–Crippen MR) is 67.1 cm³/mol. The summed E-state index contributed by atoms with van der Waals surface area (Å²) in [6.07, 6.45) is 1.72. The lowest BCUT2D eigenvalue weighted by Gasteiger charge is -2.11. The third-order valence-corrected chi connectivity index (χ3v) is 2.66. The Morgan fingerprint density at radius 1 is 1.33 bits per heavy atom. The van der Waals surface area contributed by atoms with Crippen molar-refractivity contribution in [3.8, 4) is 0 Å². The van der Waals surface area contributed by atoms with Gasteiger partial charge in [-0.05, 0) is 36.2 Å². The first-order valence-electron chi connectivity index (χ1n) is 5.62. The Morgan fingerprint density at radius 3 is 2.83 bits per heavy atom. The third kappa shape index (κ3) is 2.85. The molecule has 0 amide bonds. The lowest BCUT2D eigenvalue weighted by atomic mass is 10.1. The highest BCUT2D eigenvalue weighted by Gasteiger charge is 2.01. The van der Waals surface area contributed by atoms with Crippen molar-refractivity contribution in [2.45, 2.75) is 13.5 Å². The summed E-state index contributed by atoms with van der Waals surface area (Å²) in [7, 11) is 0. The van der Waals surface area contributed by atoms with Crippen LogP contribution in [0.25, 0.3) is 0 Å². The second kappa shape index (κ2) is 5.31. The van der Waals surface area contributed by atoms with Crippen molar-refractivity contribution in [3.05, 3.63) is 59.4 Å². The number of benzene rings is 1. The van der Waals surface area contributed by atoms with Gasteiger partial charge in [0.2, 0.25) is 0 Å². The number of aromatic nitrogens is 1. The van der Waals surface area contributed by atoms with Crippen LogP contribution in [0.5, 0.6) is 0 Å². The van der Waals surface area contributed by atoms with Crippen LogP contribution in [0, 0.1) is 6.92 Å². The van der Waals surface area contributed by atoms with Crippen LogP contribution in [0.4, 0.5) is 5.69 Å². The van der Waals surface area contributed by atoms with Crippen LogP contribution in [0.1, 0.15) is 21.6 Å². The molecule has 0 aliphatic heterocycles. The third-order valence-electron chi connectivity index (χ3n) is 2.66. The number of pyridine rings is 1. The van der Waals surface area contributed by atoms with Gasteiger partial charge in [-0.2, -0.15) is 0 Å². The molecule has 18 heavy (non-hydrogen) atoms. The predicted octanol–water partition coefficient (Wildman–Crippen LogP) is 1.37. The van der Waals surface area contributed by atoms with Crippen LogP contribution in [-0.2, 0) is 6.54 Å². The Morgan fingerprint density at radius 2 is 2.17 bits per heavy atom. The minimum atomic E-state index is -1.17. The minimum absolute atomic E-state index is 0.170. The van der Waals surface area contributed by atoms with Gasteiger partial charge < -0.3 is 15.2 Å². The number of aromatic carboxylic acids is 1. The van der Waals surface area contributed by atoms with Crippen LogP contribution in [-0.4, -0.2) is 11.0 Å². The lowest BCUT2D eigenvalue weighted by molar-refractivity contribution is -0.255. The van der Waals surface area contributed by atoms with E-state index < -0.39 is 5.97 Å². The van der Waals surface area contributed by atoms with Gasteiger partial charge in [-0.3, -0.25) is 4.98 Å². The molecule has 92 valence electrons. The summed E-state index contributed by atoms with van der Waals surface area (Å²) in [4.78, 5) is 15.0. The summed E-state index contributed by atoms with van der Waals surface area (Å²) in [5, 5.41) is 14.0. The van der Waals surface area contributed by atoms with Crippen molar-refractivity contribution in [2.75, 3.05) is 5.32 Å². The molecular formula is C14H13N2O2-. The number of carbonyl (C=O) groups is 1. The maximum atomic E-state index is 10.8. The zero-order chi connectivity index (χ0) is 13.0. The number of rotatable bonds is 4. The van der Waals surface area contributed by atoms with E-state index in [9.17, 15) is 9.90 Å². The van der Waals surface area contributed by atoms with Crippen molar-refractivity contribution in [1.29, 1.82) is 0 Å². The molecule has 4 nitrogen and oxygen atoms in total. The average molecular weight is 241 g/mol. The van der Waals surface area contributed by atoms with Gasteiger partial charge >= 0.3 is 0 Å². The summed E-state index contributed by atoms with van der Waals surface area (Å²) in [5.74, 6) is -1.17. The second-order valence-electron chi connectivity index (χ2n) is 3.99. The summed E-state index contributed by atoms with van der Waals surface area (Å²) in [5.41, 5.74) is 2.83. The van der Waals surface area contributed by atoms with E-state index in [0.717, 1.165) is 16.9 Å². The molecule has 0 saturated heterocycles. The first kappa shape index (κ1) is 12.1. The van der Waals surface area contributed by atoms with Crippen LogP contribution >= 0.6 is 0 Å². The van der Waals surface area contributed by atoms with E-state index in [4.69, 9.17) is 0 Å². The number of hydrogen-bond donors (Lipinski definition) is 1. The molecule has 1 heterocycles. The highest BCUT2D eigenvalue weighted by atomic mass is 16.4. The molecule has 1 N–H and O–H groups in total. The van der Waals surface area contributed by atoms with E-state index in [0.29, 0.717) is 6.54 Å². The van der Waals surface area contributed by atoms with Crippen LogP contribution in [0.3, 0.4) is 0 Å². The molecule has 0 aliphatic rings. The molecule has 0 spiro atoms. The summed E-state index contributed by atoms with van der Waals surface area (Å²) >= 11 is 0. The number of nitrogens with one attached hydrogen (secondary N) is 1. The Kier molecular flexibility index (Phi) is 3.57. The minimum Gasteiger partial charge on any atom is -0.545 e. The van der Waals surface area contributed by atoms with Crippen molar-refractivity contribution < 1.29 is 9.90 Å². The largest absolute Gasteiger partial charge is 0.545 e. The van der Waals surface area contributed by atoms with Gasteiger partial charge in [-0.25, -0.2) is 0 Å². The van der Waals surface area contributed by atoms with Crippen LogP contribution in [0.2, 0.25) is 0 Å². The van der Waals surface area contributed by atoms with Crippen molar-refractivity contribution >= 4 is 11.7 Å². The van der Waals surface area contributed by atoms with Crippen LogP contribution < -0.4 is 10.4 Å². The summed E-state index contributed by atoms with van der Waals surface area (Å²) < 4.78 is 0. The molecule has 0 atom stereocenters. The quantitative estimate of drug-likeness (QED) is 0.878. The van der Waals surface area contributed by atoms with Gasteiger partial charge in [0, 0.05) is 11.9 Å². The molecule has 0 bridgehead atoms. The average Bonchev–Trinajstić information content (AvgIpc) is 2.38. The van der Waals surface area contributed by atoms with Crippen molar-refractivity contribution in [3.63, 3.8) is 0 Å². The van der Waals surface area contributed by atoms with Gasteiger partial charge in [-0.15, -0.1) is 0 Å². The van der Waals surface area contributed by atoms with Gasteiger partial charge in [0.15, 0.2) is 0 Å². The van der Waals surface area contributed by atoms with Gasteiger partial charge in [0.1, 0.15) is 0 Å². The van der Waals surface area contributed by atoms with E-state index in [2.05, 4.69) is 10.3 Å². The van der Waals surface area contributed by atoms with Gasteiger partial charge in [0.25, 0.3) is 0 Å². The SMILES string of the molecule is Cc1ccc(C(=O)[O-])cc1NCc1ccccn1. The maximum absolute atomic E-state index is 10.8. The number of aryl methyl sites for hydroxylation is 1. The topological polar surface area (TPSA) is 65.0 Å². The van der Waals surface area contributed by atoms with E-state index in [-0.39, 0.29) is 5.56 Å². The van der Waals surface area contributed by atoms with E-state index in [1.807, 2.05) is 25.1 Å². The van der Waals surface area contributed by atoms with Gasteiger partial charge in [-0.1, -0.05) is 18.2 Å². The highest BCUT2D eigenvalue weighted by molar-refractivity contribution is 5.87. The number of carbonyl (C=O) groups excluding carboxylic acids is 1. The lowest BCUT2D eigenvalue weighted by Crippen LogP contribution is -2.22. The fraction of sp³-hybridized carbons (Fsp3) is 0.143. The molecule has 1 aromatic heterocycles. The Balaban J connectivity index is 2.14. The number of anilines is 1. The molecule has 0 aliphatic carbocycles. The molecule has 2 rings (SSSR count). The van der Waals surface area contributed by atoms with Gasteiger partial charge in [0.05, 0.1) is 18.2 Å². The maximum Gasteiger partial charge on any atom is 0.0716 e. The van der Waals surface area contributed by atoms with Crippen molar-refractivity contribution in [1.82, 2.24) is 4.98 Å². The van der Waals surface area contributed by atoms with Crippen LogP contribution in [0.15, 0.2) is 42.6 Å². The van der Waals surface area contributed by atoms with E-state index in [1.165, 1.54) is 6.07 Å². The number of nitrogens with zero attached hydrogens (tertiary/aromatic N) is 1. The zero-order valence-electron chi connectivity index (χ0n) is 10.0. The molecule has 1 aromatic carbocycles. The molecule has 4 heteroatoms. The molecule has 0 unspecified atom stereocenters. The number of carboxylic acids is 1. The summed E-state index contributed by atoms with van der Waals surface area (Å²) in [6.45, 7) is 2.47. The monoisotopic (exact) mass is 241 g/mol. The first-order valence-corrected chi connectivity index (χ1v) is 5.62. The van der Waals surface area contributed by atoms with E-state index >= 15 is 0 Å². The van der Waals surface area contributed by atoms with E-state index in [1.54, 1.807) is 18.3 Å². The first-order chi connectivity index (χ1) is 8.66. The standard InChI is InChI=1S/C14H14N2O2/c1-10-5-6-11(14(17)18)8-13(10)16-9-12-4-2-3-7-15-12/h2-8,16H,9H2,1H3,(H,17,18)/p-1. The Hall–Kier alpha value is -2.36. The highest BCUT2D eigenvalue weighted by Crippen LogP contribution is 2.17. The molecular weight excluding hydrogens is 228 g/mol. The zero-order valence-corrected chi connectivity index (χ0v) is 10.0. The fourth-order valence-electron chi connectivity index (χ4n) is 1.63. The molecule has 0 fully saturated rings. The Labute approximate surface area is 105 Å². The number of hydrogen-bond acceptors (Lipinski definition) is 4. The fourth-order valence-corrected chi connectivity index (χ4v) is 1.63.